The summed E-state index contributed by atoms with van der Waals surface area (Å²) in [6.07, 6.45) is 5.67. The van der Waals surface area contributed by atoms with Crippen LogP contribution < -0.4 is 5.32 Å². The average Bonchev–Trinajstić information content (AvgIpc) is 3.26. The van der Waals surface area contributed by atoms with Crippen LogP contribution >= 0.6 is 0 Å². The van der Waals surface area contributed by atoms with Crippen molar-refractivity contribution in [2.45, 2.75) is 6.42 Å². The van der Waals surface area contributed by atoms with Gasteiger partial charge in [0, 0.05) is 18.6 Å². The Kier molecular flexibility index (Phi) is 3.51. The third-order valence-corrected chi connectivity index (χ3v) is 3.63. The first-order valence-corrected chi connectivity index (χ1v) is 7.48. The van der Waals surface area contributed by atoms with E-state index in [2.05, 4.69) is 20.6 Å². The number of nitrogens with zero attached hydrogens (tertiary/aromatic N) is 5. The van der Waals surface area contributed by atoms with E-state index in [4.69, 9.17) is 0 Å². The van der Waals surface area contributed by atoms with Crippen molar-refractivity contribution in [2.75, 3.05) is 5.32 Å². The standard InChI is InChI=1S/C17H14N6O/c24-16(19-17-21-20-15-4-1-2-10-22(15)17)12-13-5-7-14(8-6-13)23-11-3-9-18-23/h1-11H,12H2,(H,19,21,24). The van der Waals surface area contributed by atoms with Gasteiger partial charge in [0.25, 0.3) is 0 Å². The van der Waals surface area contributed by atoms with E-state index in [0.29, 0.717) is 11.6 Å². The number of carbonyl (C=O) groups excluding carboxylic acids is 1. The number of fused-ring (bicyclic) bond motifs is 1. The van der Waals surface area contributed by atoms with E-state index in [0.717, 1.165) is 11.3 Å². The highest BCUT2D eigenvalue weighted by Crippen LogP contribution is 2.11. The fourth-order valence-corrected chi connectivity index (χ4v) is 2.47. The molecule has 0 atom stereocenters. The quantitative estimate of drug-likeness (QED) is 0.625. The Hall–Kier alpha value is -3.48. The monoisotopic (exact) mass is 318 g/mol. The smallest absolute Gasteiger partial charge is 0.235 e. The summed E-state index contributed by atoms with van der Waals surface area (Å²) in [5.74, 6) is 0.281. The number of pyridine rings is 1. The number of benzene rings is 1. The minimum Gasteiger partial charge on any atom is -0.294 e. The van der Waals surface area contributed by atoms with Crippen molar-refractivity contribution in [2.24, 2.45) is 0 Å². The Labute approximate surface area is 137 Å². The van der Waals surface area contributed by atoms with Crippen molar-refractivity contribution in [3.05, 3.63) is 72.7 Å². The lowest BCUT2D eigenvalue weighted by molar-refractivity contribution is -0.115. The molecule has 0 bridgehead atoms. The van der Waals surface area contributed by atoms with E-state index in [1.54, 1.807) is 15.3 Å². The topological polar surface area (TPSA) is 77.1 Å². The largest absolute Gasteiger partial charge is 0.294 e. The fourth-order valence-electron chi connectivity index (χ4n) is 2.47. The molecule has 0 spiro atoms. The minimum atomic E-state index is -0.139. The second kappa shape index (κ2) is 5.96. The minimum absolute atomic E-state index is 0.139. The predicted octanol–water partition coefficient (Wildman–Crippen LogP) is 2.10. The fraction of sp³-hybridized carbons (Fsp3) is 0.0588. The van der Waals surface area contributed by atoms with Gasteiger partial charge in [-0.3, -0.25) is 14.5 Å². The summed E-state index contributed by atoms with van der Waals surface area (Å²) in [4.78, 5) is 12.2. The predicted molar refractivity (Wildman–Crippen MR) is 88.9 cm³/mol. The van der Waals surface area contributed by atoms with Crippen LogP contribution in [0.3, 0.4) is 0 Å². The van der Waals surface area contributed by atoms with Gasteiger partial charge >= 0.3 is 0 Å². The van der Waals surface area contributed by atoms with Gasteiger partial charge in [0.2, 0.25) is 11.9 Å². The van der Waals surface area contributed by atoms with Crippen LogP contribution in [0.15, 0.2) is 67.1 Å². The Morgan fingerprint density at radius 2 is 1.88 bits per heavy atom. The number of amides is 1. The van der Waals surface area contributed by atoms with Crippen LogP contribution in [0.4, 0.5) is 5.95 Å². The van der Waals surface area contributed by atoms with Gasteiger partial charge in [-0.2, -0.15) is 5.10 Å². The highest BCUT2D eigenvalue weighted by molar-refractivity contribution is 5.91. The summed E-state index contributed by atoms with van der Waals surface area (Å²) < 4.78 is 3.50. The average molecular weight is 318 g/mol. The first-order chi connectivity index (χ1) is 11.8. The van der Waals surface area contributed by atoms with Crippen LogP contribution in [0.25, 0.3) is 11.3 Å². The summed E-state index contributed by atoms with van der Waals surface area (Å²) in [7, 11) is 0. The molecular weight excluding hydrogens is 304 g/mol. The molecule has 0 fully saturated rings. The normalized spacial score (nSPS) is 10.8. The van der Waals surface area contributed by atoms with Gasteiger partial charge in [-0.05, 0) is 35.9 Å². The molecule has 0 radical (unpaired) electrons. The molecule has 4 aromatic rings. The van der Waals surface area contributed by atoms with Crippen molar-refractivity contribution in [3.63, 3.8) is 0 Å². The molecule has 3 aromatic heterocycles. The van der Waals surface area contributed by atoms with E-state index < -0.39 is 0 Å². The number of rotatable bonds is 4. The first-order valence-electron chi connectivity index (χ1n) is 7.48. The molecule has 1 amide bonds. The Morgan fingerprint density at radius 1 is 1.00 bits per heavy atom. The summed E-state index contributed by atoms with van der Waals surface area (Å²) in [5, 5.41) is 15.0. The van der Waals surface area contributed by atoms with E-state index in [1.807, 2.05) is 60.9 Å². The lowest BCUT2D eigenvalue weighted by Gasteiger charge is -2.05. The van der Waals surface area contributed by atoms with Gasteiger partial charge in [-0.1, -0.05) is 18.2 Å². The molecule has 7 heteroatoms. The zero-order valence-corrected chi connectivity index (χ0v) is 12.7. The third-order valence-electron chi connectivity index (χ3n) is 3.63. The van der Waals surface area contributed by atoms with Crippen molar-refractivity contribution >= 4 is 17.5 Å². The number of nitrogens with one attached hydrogen (secondary N) is 1. The van der Waals surface area contributed by atoms with Crippen molar-refractivity contribution < 1.29 is 4.79 Å². The molecule has 0 saturated heterocycles. The van der Waals surface area contributed by atoms with Gasteiger partial charge in [0.1, 0.15) is 0 Å². The summed E-state index contributed by atoms with van der Waals surface area (Å²) in [5.41, 5.74) is 2.56. The highest BCUT2D eigenvalue weighted by Gasteiger charge is 2.09. The van der Waals surface area contributed by atoms with Crippen LogP contribution in [0.2, 0.25) is 0 Å². The maximum Gasteiger partial charge on any atom is 0.235 e. The van der Waals surface area contributed by atoms with Crippen LogP contribution in [0.1, 0.15) is 5.56 Å². The van der Waals surface area contributed by atoms with Gasteiger partial charge in [-0.25, -0.2) is 4.68 Å². The molecule has 7 nitrogen and oxygen atoms in total. The van der Waals surface area contributed by atoms with Crippen LogP contribution in [0, 0.1) is 0 Å². The van der Waals surface area contributed by atoms with Crippen molar-refractivity contribution in [1.29, 1.82) is 0 Å². The molecular formula is C17H14N6O. The Bertz CT molecular complexity index is 972. The molecule has 4 rings (SSSR count). The highest BCUT2D eigenvalue weighted by atomic mass is 16.1. The maximum atomic E-state index is 12.2. The molecule has 0 aliphatic rings. The number of hydrogen-bond acceptors (Lipinski definition) is 4. The SMILES string of the molecule is O=C(Cc1ccc(-n2cccn2)cc1)Nc1nnc2ccccn12. The second-order valence-corrected chi connectivity index (χ2v) is 5.29. The van der Waals surface area contributed by atoms with Gasteiger partial charge < -0.3 is 0 Å². The van der Waals surface area contributed by atoms with Crippen LogP contribution in [-0.2, 0) is 11.2 Å². The molecule has 1 aromatic carbocycles. The van der Waals surface area contributed by atoms with E-state index >= 15 is 0 Å². The van der Waals surface area contributed by atoms with Crippen molar-refractivity contribution in [3.8, 4) is 5.69 Å². The van der Waals surface area contributed by atoms with Gasteiger partial charge in [0.15, 0.2) is 5.65 Å². The van der Waals surface area contributed by atoms with Crippen molar-refractivity contribution in [1.82, 2.24) is 24.4 Å². The lowest BCUT2D eigenvalue weighted by atomic mass is 10.1. The van der Waals surface area contributed by atoms with Crippen LogP contribution in [0.5, 0.6) is 0 Å². The number of hydrogen-bond donors (Lipinski definition) is 1. The molecule has 118 valence electrons. The van der Waals surface area contributed by atoms with E-state index in [-0.39, 0.29) is 12.3 Å². The summed E-state index contributed by atoms with van der Waals surface area (Å²) in [6, 6.07) is 15.1. The molecule has 0 unspecified atom stereocenters. The molecule has 3 heterocycles. The Balaban J connectivity index is 1.46. The number of carbonyl (C=O) groups is 1. The molecule has 1 N–H and O–H groups in total. The third kappa shape index (κ3) is 2.74. The lowest BCUT2D eigenvalue weighted by Crippen LogP contribution is -2.16. The number of aromatic nitrogens is 5. The molecule has 0 aliphatic carbocycles. The zero-order valence-electron chi connectivity index (χ0n) is 12.7. The second-order valence-electron chi connectivity index (χ2n) is 5.29. The van der Waals surface area contributed by atoms with E-state index in [1.165, 1.54) is 0 Å². The van der Waals surface area contributed by atoms with E-state index in [9.17, 15) is 4.79 Å². The van der Waals surface area contributed by atoms with Gasteiger partial charge in [-0.15, -0.1) is 10.2 Å². The zero-order chi connectivity index (χ0) is 16.4. The first kappa shape index (κ1) is 14.1. The summed E-state index contributed by atoms with van der Waals surface area (Å²) in [6.45, 7) is 0. The molecule has 0 aliphatic heterocycles. The Morgan fingerprint density at radius 3 is 2.67 bits per heavy atom. The summed E-state index contributed by atoms with van der Waals surface area (Å²) >= 11 is 0. The van der Waals surface area contributed by atoms with Crippen LogP contribution in [-0.4, -0.2) is 30.3 Å². The van der Waals surface area contributed by atoms with Gasteiger partial charge in [0.05, 0.1) is 12.1 Å². The molecule has 0 saturated carbocycles. The maximum absolute atomic E-state index is 12.2. The number of anilines is 1. The molecule has 24 heavy (non-hydrogen) atoms.